The third kappa shape index (κ3) is 8.30. The van der Waals surface area contributed by atoms with Crippen molar-refractivity contribution >= 4 is 12.0 Å². The maximum absolute atomic E-state index is 13.6. The number of benzene rings is 2. The molecule has 7 nitrogen and oxygen atoms in total. The summed E-state index contributed by atoms with van der Waals surface area (Å²) in [5.74, 6) is -0.152. The third-order valence-corrected chi connectivity index (χ3v) is 6.46. The molecule has 0 aromatic heterocycles. The van der Waals surface area contributed by atoms with Gasteiger partial charge in [-0.3, -0.25) is 14.5 Å². The Kier molecular flexibility index (Phi) is 9.74. The van der Waals surface area contributed by atoms with Crippen LogP contribution in [0.25, 0.3) is 0 Å². The molecule has 1 heterocycles. The molecule has 0 bridgehead atoms. The zero-order valence-corrected chi connectivity index (χ0v) is 23.5. The molecule has 0 radical (unpaired) electrons. The molecule has 0 fully saturated rings. The fraction of sp³-hybridized carbons (Fsp3) is 0.533. The van der Waals surface area contributed by atoms with Crippen LogP contribution in [0.5, 0.6) is 0 Å². The average molecular weight is 510 g/mol. The second-order valence-corrected chi connectivity index (χ2v) is 11.2. The number of rotatable bonds is 9. The normalized spacial score (nSPS) is 13.7. The first-order valence-corrected chi connectivity index (χ1v) is 13.3. The Morgan fingerprint density at radius 3 is 2.24 bits per heavy atom. The maximum atomic E-state index is 13.6. The van der Waals surface area contributed by atoms with E-state index in [2.05, 4.69) is 32.6 Å². The molecule has 1 aliphatic heterocycles. The van der Waals surface area contributed by atoms with E-state index in [4.69, 9.17) is 9.57 Å². The Labute approximate surface area is 222 Å². The van der Waals surface area contributed by atoms with Crippen molar-refractivity contribution in [2.45, 2.75) is 85.7 Å². The predicted molar refractivity (Wildman–Crippen MR) is 146 cm³/mol. The highest BCUT2D eigenvalue weighted by atomic mass is 16.7. The number of amides is 2. The number of carbonyl (C=O) groups excluding carboxylic acids is 2. The van der Waals surface area contributed by atoms with Gasteiger partial charge in [-0.15, -0.1) is 0 Å². The van der Waals surface area contributed by atoms with Gasteiger partial charge in [0.05, 0.1) is 6.54 Å². The SMILES string of the molecule is CC(C)N(CCN(OCc1ccccc1)C(=O)c1ccc2c(c1)CCN(C(=O)OC(C)(C)C)C2)C(C)C. The van der Waals surface area contributed by atoms with Gasteiger partial charge in [0.25, 0.3) is 5.91 Å². The summed E-state index contributed by atoms with van der Waals surface area (Å²) in [5, 5.41) is 1.50. The minimum absolute atomic E-state index is 0.152. The first kappa shape index (κ1) is 28.7. The topological polar surface area (TPSA) is 62.3 Å². The van der Waals surface area contributed by atoms with Gasteiger partial charge < -0.3 is 9.64 Å². The van der Waals surface area contributed by atoms with Gasteiger partial charge in [-0.25, -0.2) is 9.86 Å². The molecule has 2 aromatic rings. The van der Waals surface area contributed by atoms with Crippen molar-refractivity contribution in [1.29, 1.82) is 0 Å². The summed E-state index contributed by atoms with van der Waals surface area (Å²) in [5.41, 5.74) is 3.20. The molecule has 3 rings (SSSR count). The number of hydrogen-bond acceptors (Lipinski definition) is 5. The zero-order valence-electron chi connectivity index (χ0n) is 23.5. The van der Waals surface area contributed by atoms with Crippen molar-refractivity contribution in [2.24, 2.45) is 0 Å². The molecule has 0 saturated carbocycles. The van der Waals surface area contributed by atoms with Crippen LogP contribution in [-0.2, 0) is 29.1 Å². The fourth-order valence-corrected chi connectivity index (χ4v) is 4.58. The van der Waals surface area contributed by atoms with Crippen LogP contribution in [0.15, 0.2) is 48.5 Å². The van der Waals surface area contributed by atoms with Gasteiger partial charge in [-0.05, 0) is 83.7 Å². The molecule has 37 heavy (non-hydrogen) atoms. The summed E-state index contributed by atoms with van der Waals surface area (Å²) in [6.45, 7) is 16.8. The molecular formula is C30H43N3O4. The van der Waals surface area contributed by atoms with Crippen LogP contribution in [-0.4, -0.2) is 64.2 Å². The van der Waals surface area contributed by atoms with Gasteiger partial charge >= 0.3 is 6.09 Å². The molecule has 202 valence electrons. The van der Waals surface area contributed by atoms with E-state index in [9.17, 15) is 9.59 Å². The van der Waals surface area contributed by atoms with Crippen LogP contribution in [0.2, 0.25) is 0 Å². The van der Waals surface area contributed by atoms with Crippen LogP contribution in [0.4, 0.5) is 4.79 Å². The van der Waals surface area contributed by atoms with Crippen LogP contribution in [0.3, 0.4) is 0 Å². The standard InChI is InChI=1S/C30H43N3O4/c1-22(2)32(23(3)4)17-18-33(36-21-24-11-9-8-10-12-24)28(34)26-13-14-27-20-31(16-15-25(27)19-26)29(35)37-30(5,6)7/h8-14,19,22-23H,15-18,20-21H2,1-7H3. The van der Waals surface area contributed by atoms with E-state index in [0.717, 1.165) is 16.7 Å². The van der Waals surface area contributed by atoms with Crippen molar-refractivity contribution in [2.75, 3.05) is 19.6 Å². The summed E-state index contributed by atoms with van der Waals surface area (Å²) in [7, 11) is 0. The van der Waals surface area contributed by atoms with Gasteiger partial charge in [0.1, 0.15) is 12.2 Å². The fourth-order valence-electron chi connectivity index (χ4n) is 4.58. The van der Waals surface area contributed by atoms with Crippen LogP contribution < -0.4 is 0 Å². The molecule has 1 aliphatic rings. The second-order valence-electron chi connectivity index (χ2n) is 11.2. The van der Waals surface area contributed by atoms with Crippen molar-refractivity contribution in [1.82, 2.24) is 14.9 Å². The Bertz CT molecular complexity index is 1040. The van der Waals surface area contributed by atoms with E-state index >= 15 is 0 Å². The summed E-state index contributed by atoms with van der Waals surface area (Å²) in [6.07, 6.45) is 0.369. The number of nitrogens with zero attached hydrogens (tertiary/aromatic N) is 3. The number of fused-ring (bicyclic) bond motifs is 1. The quantitative estimate of drug-likeness (QED) is 0.408. The Morgan fingerprint density at radius 1 is 0.946 bits per heavy atom. The highest BCUT2D eigenvalue weighted by Gasteiger charge is 2.27. The summed E-state index contributed by atoms with van der Waals surface area (Å²) in [6, 6.07) is 16.3. The Morgan fingerprint density at radius 2 is 1.62 bits per heavy atom. The van der Waals surface area contributed by atoms with Gasteiger partial charge in [0, 0.05) is 37.3 Å². The minimum Gasteiger partial charge on any atom is -0.444 e. The molecule has 0 N–H and O–H groups in total. The second kappa shape index (κ2) is 12.6. The Hall–Kier alpha value is -2.90. The minimum atomic E-state index is -0.530. The first-order chi connectivity index (χ1) is 17.4. The lowest BCUT2D eigenvalue weighted by Crippen LogP contribution is -2.44. The van der Waals surface area contributed by atoms with E-state index in [-0.39, 0.29) is 12.0 Å². The zero-order chi connectivity index (χ0) is 27.2. The maximum Gasteiger partial charge on any atom is 0.410 e. The van der Waals surface area contributed by atoms with Crippen molar-refractivity contribution in [3.05, 3.63) is 70.8 Å². The molecule has 7 heteroatoms. The summed E-state index contributed by atoms with van der Waals surface area (Å²) < 4.78 is 5.53. The predicted octanol–water partition coefficient (Wildman–Crippen LogP) is 5.67. The van der Waals surface area contributed by atoms with E-state index in [1.54, 1.807) is 4.90 Å². The lowest BCUT2D eigenvalue weighted by Gasteiger charge is -2.33. The third-order valence-electron chi connectivity index (χ3n) is 6.46. The van der Waals surface area contributed by atoms with Gasteiger partial charge in [-0.1, -0.05) is 36.4 Å². The Balaban J connectivity index is 1.74. The van der Waals surface area contributed by atoms with Gasteiger partial charge in [-0.2, -0.15) is 0 Å². The highest BCUT2D eigenvalue weighted by molar-refractivity contribution is 5.94. The van der Waals surface area contributed by atoms with Crippen LogP contribution in [0.1, 0.15) is 75.5 Å². The molecule has 2 aromatic carbocycles. The van der Waals surface area contributed by atoms with Crippen molar-refractivity contribution < 1.29 is 19.2 Å². The molecule has 0 unspecified atom stereocenters. The molecule has 0 spiro atoms. The van der Waals surface area contributed by atoms with Crippen LogP contribution in [0, 0.1) is 0 Å². The van der Waals surface area contributed by atoms with E-state index in [0.29, 0.717) is 56.9 Å². The summed E-state index contributed by atoms with van der Waals surface area (Å²) >= 11 is 0. The lowest BCUT2D eigenvalue weighted by molar-refractivity contribution is -0.137. The average Bonchev–Trinajstić information content (AvgIpc) is 2.84. The molecule has 0 saturated heterocycles. The van der Waals surface area contributed by atoms with E-state index in [1.165, 1.54) is 5.06 Å². The number of ether oxygens (including phenoxy) is 1. The molecular weight excluding hydrogens is 466 g/mol. The van der Waals surface area contributed by atoms with Crippen molar-refractivity contribution in [3.63, 3.8) is 0 Å². The number of hydrogen-bond donors (Lipinski definition) is 0. The summed E-state index contributed by atoms with van der Waals surface area (Å²) in [4.78, 5) is 36.3. The van der Waals surface area contributed by atoms with Crippen LogP contribution >= 0.6 is 0 Å². The largest absolute Gasteiger partial charge is 0.444 e. The molecule has 0 atom stereocenters. The number of carbonyl (C=O) groups is 2. The highest BCUT2D eigenvalue weighted by Crippen LogP contribution is 2.23. The smallest absolute Gasteiger partial charge is 0.410 e. The van der Waals surface area contributed by atoms with E-state index < -0.39 is 5.60 Å². The monoisotopic (exact) mass is 509 g/mol. The van der Waals surface area contributed by atoms with Gasteiger partial charge in [0.15, 0.2) is 0 Å². The van der Waals surface area contributed by atoms with E-state index in [1.807, 2.05) is 69.3 Å². The molecule has 0 aliphatic carbocycles. The first-order valence-electron chi connectivity index (χ1n) is 13.3. The number of hydroxylamine groups is 2. The lowest BCUT2D eigenvalue weighted by atomic mass is 9.97. The van der Waals surface area contributed by atoms with Gasteiger partial charge in [0.2, 0.25) is 0 Å². The van der Waals surface area contributed by atoms with Crippen molar-refractivity contribution in [3.8, 4) is 0 Å². The molecule has 2 amide bonds.